The molecule has 4 rings (SSSR count). The second kappa shape index (κ2) is 9.44. The first-order valence-electron chi connectivity index (χ1n) is 10.9. The summed E-state index contributed by atoms with van der Waals surface area (Å²) < 4.78 is 7.67. The van der Waals surface area contributed by atoms with E-state index in [9.17, 15) is 10.1 Å². The number of nitrogen functional groups attached to an aromatic ring is 1. The van der Waals surface area contributed by atoms with E-state index in [1.165, 1.54) is 13.2 Å². The van der Waals surface area contributed by atoms with Crippen LogP contribution in [0.2, 0.25) is 0 Å². The van der Waals surface area contributed by atoms with E-state index in [1.54, 1.807) is 6.21 Å². The van der Waals surface area contributed by atoms with Crippen molar-refractivity contribution in [3.63, 3.8) is 0 Å². The predicted octanol–water partition coefficient (Wildman–Crippen LogP) is 3.49. The third-order valence-electron chi connectivity index (χ3n) is 5.88. The minimum absolute atomic E-state index is 0.0719. The van der Waals surface area contributed by atoms with Gasteiger partial charge < -0.3 is 19.9 Å². The van der Waals surface area contributed by atoms with Crippen LogP contribution in [0, 0.1) is 10.1 Å². The fourth-order valence-corrected chi connectivity index (χ4v) is 4.23. The first-order valence-corrected chi connectivity index (χ1v) is 10.9. The molecule has 10 nitrogen and oxygen atoms in total. The zero-order valence-corrected chi connectivity index (χ0v) is 19.8. The number of para-hydroxylation sites is 1. The highest BCUT2D eigenvalue weighted by Crippen LogP contribution is 2.42. The number of likely N-dealkylation sites (N-methyl/N-ethyl adjacent to an activating group) is 1. The number of anilines is 2. The Balaban J connectivity index is 1.81. The van der Waals surface area contributed by atoms with Gasteiger partial charge >= 0.3 is 0 Å². The molecule has 0 unspecified atom stereocenters. The largest absolute Gasteiger partial charge is 0.494 e. The van der Waals surface area contributed by atoms with Crippen LogP contribution in [-0.2, 0) is 13.5 Å². The highest BCUT2D eigenvalue weighted by molar-refractivity contribution is 5.97. The topological polar surface area (TPSA) is 114 Å². The van der Waals surface area contributed by atoms with E-state index >= 15 is 0 Å². The third-order valence-corrected chi connectivity index (χ3v) is 5.88. The first kappa shape index (κ1) is 23.1. The molecule has 0 saturated carbocycles. The number of aromatic nitrogens is 1. The van der Waals surface area contributed by atoms with E-state index < -0.39 is 4.92 Å². The summed E-state index contributed by atoms with van der Waals surface area (Å²) in [6.45, 7) is 0.926. The van der Waals surface area contributed by atoms with Gasteiger partial charge in [0.05, 0.1) is 23.3 Å². The Morgan fingerprint density at radius 1 is 1.32 bits per heavy atom. The third kappa shape index (κ3) is 4.27. The van der Waals surface area contributed by atoms with E-state index in [0.717, 1.165) is 22.2 Å². The molecule has 10 heteroatoms. The van der Waals surface area contributed by atoms with Crippen LogP contribution in [0.3, 0.4) is 0 Å². The van der Waals surface area contributed by atoms with Crippen LogP contribution in [0.15, 0.2) is 47.6 Å². The smallest absolute Gasteiger partial charge is 0.297 e. The van der Waals surface area contributed by atoms with Crippen molar-refractivity contribution in [1.82, 2.24) is 14.5 Å². The number of hydrogen-bond acceptors (Lipinski definition) is 8. The number of allylic oxidation sites excluding steroid dienone is 1. The molecule has 0 amide bonds. The van der Waals surface area contributed by atoms with Crippen molar-refractivity contribution in [3.8, 4) is 5.75 Å². The van der Waals surface area contributed by atoms with Gasteiger partial charge in [0.25, 0.3) is 5.69 Å². The number of hydrogen-bond donors (Lipinski definition) is 2. The van der Waals surface area contributed by atoms with Crippen LogP contribution in [0.4, 0.5) is 17.1 Å². The summed E-state index contributed by atoms with van der Waals surface area (Å²) in [5.74, 6) is 0.434. The first-order chi connectivity index (χ1) is 16.3. The Kier molecular flexibility index (Phi) is 6.42. The number of rotatable bonds is 8. The number of fused-ring (bicyclic) bond motifs is 1. The summed E-state index contributed by atoms with van der Waals surface area (Å²) in [5.41, 5.74) is 13.4. The molecule has 1 aromatic heterocycles. The van der Waals surface area contributed by atoms with Crippen LogP contribution in [0.25, 0.3) is 16.6 Å². The Morgan fingerprint density at radius 2 is 2.09 bits per heavy atom. The molecular weight excluding hydrogens is 434 g/mol. The van der Waals surface area contributed by atoms with Crippen molar-refractivity contribution in [2.45, 2.75) is 6.42 Å². The van der Waals surface area contributed by atoms with Gasteiger partial charge in [0.1, 0.15) is 23.8 Å². The fourth-order valence-electron chi connectivity index (χ4n) is 4.23. The Bertz CT molecular complexity index is 1290. The van der Waals surface area contributed by atoms with Crippen LogP contribution in [0.1, 0.15) is 11.1 Å². The maximum atomic E-state index is 12.0. The van der Waals surface area contributed by atoms with E-state index in [4.69, 9.17) is 10.5 Å². The van der Waals surface area contributed by atoms with Crippen molar-refractivity contribution in [1.29, 1.82) is 0 Å². The molecule has 0 spiro atoms. The number of nitrogens with two attached hydrogens (primary N) is 1. The molecule has 34 heavy (non-hydrogen) atoms. The SMILES string of the molecule is COc1cc(N)c([N+](=O)[O-])c(CCN(C)C)c1NN1CN=CC=C1c1cn(C)c2ccccc12. The molecule has 2 heterocycles. The standard InChI is InChI=1S/C24H29N7O3/c1-28(2)12-10-17-23(22(34-4)13-19(25)24(17)31(32)33)27-30-15-26-11-9-21(30)18-14-29(3)20-8-6-5-7-16(18)20/h5-9,11,13-14,27H,10,12,15,25H2,1-4H3. The van der Waals surface area contributed by atoms with E-state index in [0.29, 0.717) is 36.6 Å². The molecule has 1 aliphatic rings. The average molecular weight is 464 g/mol. The lowest BCUT2D eigenvalue weighted by Crippen LogP contribution is -2.31. The Hall–Kier alpha value is -4.05. The lowest BCUT2D eigenvalue weighted by molar-refractivity contribution is -0.384. The van der Waals surface area contributed by atoms with Crippen LogP contribution >= 0.6 is 0 Å². The van der Waals surface area contributed by atoms with Gasteiger partial charge in [-0.15, -0.1) is 0 Å². The summed E-state index contributed by atoms with van der Waals surface area (Å²) in [6, 6.07) is 9.65. The van der Waals surface area contributed by atoms with Crippen LogP contribution < -0.4 is 15.9 Å². The number of nitrogens with one attached hydrogen (secondary N) is 1. The van der Waals surface area contributed by atoms with Gasteiger partial charge in [0.2, 0.25) is 0 Å². The number of hydrazine groups is 1. The van der Waals surface area contributed by atoms with Gasteiger partial charge in [0, 0.05) is 48.5 Å². The number of ether oxygens (including phenoxy) is 1. The van der Waals surface area contributed by atoms with Crippen molar-refractivity contribution in [3.05, 3.63) is 63.8 Å². The summed E-state index contributed by atoms with van der Waals surface area (Å²) in [5, 5.41) is 14.9. The second-order valence-electron chi connectivity index (χ2n) is 8.42. The minimum Gasteiger partial charge on any atom is -0.494 e. The number of nitro benzene ring substituents is 1. The maximum absolute atomic E-state index is 12.0. The number of nitrogens with zero attached hydrogens (tertiary/aromatic N) is 5. The van der Waals surface area contributed by atoms with Gasteiger partial charge in [-0.1, -0.05) is 18.2 Å². The summed E-state index contributed by atoms with van der Waals surface area (Å²) in [4.78, 5) is 17.9. The van der Waals surface area contributed by atoms with Gasteiger partial charge in [-0.3, -0.25) is 25.5 Å². The lowest BCUT2D eigenvalue weighted by atomic mass is 10.0. The molecule has 3 aromatic rings. The lowest BCUT2D eigenvalue weighted by Gasteiger charge is -2.30. The molecule has 0 bridgehead atoms. The molecular formula is C24H29N7O3. The van der Waals surface area contributed by atoms with Crippen molar-refractivity contribution < 1.29 is 9.66 Å². The summed E-state index contributed by atoms with van der Waals surface area (Å²) >= 11 is 0. The van der Waals surface area contributed by atoms with Crippen molar-refractivity contribution >= 4 is 39.9 Å². The average Bonchev–Trinajstić information content (AvgIpc) is 3.15. The number of methoxy groups -OCH3 is 1. The molecule has 1 aliphatic heterocycles. The second-order valence-corrected chi connectivity index (χ2v) is 8.42. The fraction of sp³-hybridized carbons (Fsp3) is 0.292. The highest BCUT2D eigenvalue weighted by atomic mass is 16.6. The zero-order valence-electron chi connectivity index (χ0n) is 19.8. The van der Waals surface area contributed by atoms with Crippen molar-refractivity contribution in [2.75, 3.05) is 45.6 Å². The zero-order chi connectivity index (χ0) is 24.4. The van der Waals surface area contributed by atoms with Crippen molar-refractivity contribution in [2.24, 2.45) is 12.0 Å². The number of nitro groups is 1. The van der Waals surface area contributed by atoms with Gasteiger partial charge in [-0.25, -0.2) is 0 Å². The molecule has 0 saturated heterocycles. The summed E-state index contributed by atoms with van der Waals surface area (Å²) in [6.07, 6.45) is 6.18. The quantitative estimate of drug-likeness (QED) is 0.299. The van der Waals surface area contributed by atoms with E-state index in [1.807, 2.05) is 49.3 Å². The Labute approximate surface area is 198 Å². The van der Waals surface area contributed by atoms with Crippen LogP contribution in [0.5, 0.6) is 5.75 Å². The number of benzene rings is 2. The molecule has 0 atom stereocenters. The molecule has 0 aliphatic carbocycles. The molecule has 0 fully saturated rings. The summed E-state index contributed by atoms with van der Waals surface area (Å²) in [7, 11) is 7.37. The highest BCUT2D eigenvalue weighted by Gasteiger charge is 2.28. The van der Waals surface area contributed by atoms with Gasteiger partial charge in [-0.2, -0.15) is 0 Å². The van der Waals surface area contributed by atoms with Crippen LogP contribution in [-0.4, -0.2) is 60.0 Å². The molecule has 178 valence electrons. The normalized spacial score (nSPS) is 13.4. The van der Waals surface area contributed by atoms with E-state index in [2.05, 4.69) is 33.3 Å². The molecule has 0 radical (unpaired) electrons. The Morgan fingerprint density at radius 3 is 2.79 bits per heavy atom. The van der Waals surface area contributed by atoms with Gasteiger partial charge in [0.15, 0.2) is 0 Å². The number of aliphatic imine (C=N–C) groups is 1. The monoisotopic (exact) mass is 463 g/mol. The minimum atomic E-state index is -0.430. The number of aryl methyl sites for hydroxylation is 1. The predicted molar refractivity (Wildman–Crippen MR) is 136 cm³/mol. The van der Waals surface area contributed by atoms with Gasteiger partial charge in [-0.05, 0) is 32.7 Å². The van der Waals surface area contributed by atoms with E-state index in [-0.39, 0.29) is 11.4 Å². The molecule has 3 N–H and O–H groups in total. The molecule has 2 aromatic carbocycles. The maximum Gasteiger partial charge on any atom is 0.297 e.